The van der Waals surface area contributed by atoms with Crippen molar-refractivity contribution in [1.82, 2.24) is 4.90 Å². The van der Waals surface area contributed by atoms with E-state index in [9.17, 15) is 4.79 Å². The van der Waals surface area contributed by atoms with Crippen molar-refractivity contribution >= 4 is 17.5 Å². The van der Waals surface area contributed by atoms with E-state index < -0.39 is 0 Å². The van der Waals surface area contributed by atoms with Crippen LogP contribution in [0, 0.1) is 5.92 Å². The van der Waals surface area contributed by atoms with E-state index in [4.69, 9.17) is 11.6 Å². The summed E-state index contributed by atoms with van der Waals surface area (Å²) in [4.78, 5) is 13.8. The van der Waals surface area contributed by atoms with Crippen molar-refractivity contribution in [1.29, 1.82) is 0 Å². The minimum atomic E-state index is 0.0562. The van der Waals surface area contributed by atoms with Crippen molar-refractivity contribution in [3.63, 3.8) is 0 Å². The van der Waals surface area contributed by atoms with Crippen LogP contribution in [-0.2, 0) is 5.88 Å². The maximum atomic E-state index is 12.0. The van der Waals surface area contributed by atoms with Crippen LogP contribution in [0.25, 0.3) is 0 Å². The summed E-state index contributed by atoms with van der Waals surface area (Å²) in [5.74, 6) is 0.973. The zero-order valence-electron chi connectivity index (χ0n) is 10.0. The second kappa shape index (κ2) is 5.90. The zero-order chi connectivity index (χ0) is 12.1. The normalized spacial score (nSPS) is 10.6. The number of rotatable bonds is 4. The number of nitrogens with zero attached hydrogens (tertiary/aromatic N) is 1. The molecule has 0 unspecified atom stereocenters. The molecule has 1 rings (SSSR count). The van der Waals surface area contributed by atoms with Gasteiger partial charge in [-0.25, -0.2) is 0 Å². The van der Waals surface area contributed by atoms with Gasteiger partial charge in [-0.15, -0.1) is 11.6 Å². The number of carbonyl (C=O) groups excluding carboxylic acids is 1. The Morgan fingerprint density at radius 3 is 2.69 bits per heavy atom. The average Bonchev–Trinajstić information content (AvgIpc) is 2.27. The van der Waals surface area contributed by atoms with Crippen molar-refractivity contribution in [2.75, 3.05) is 13.6 Å². The van der Waals surface area contributed by atoms with Crippen LogP contribution in [0.5, 0.6) is 0 Å². The fourth-order valence-corrected chi connectivity index (χ4v) is 1.80. The molecule has 0 heterocycles. The first-order valence-electron chi connectivity index (χ1n) is 5.45. The van der Waals surface area contributed by atoms with Gasteiger partial charge in [0.2, 0.25) is 0 Å². The first kappa shape index (κ1) is 13.0. The molecule has 0 aromatic heterocycles. The fraction of sp³-hybridized carbons (Fsp3) is 0.462. The zero-order valence-corrected chi connectivity index (χ0v) is 10.8. The summed E-state index contributed by atoms with van der Waals surface area (Å²) in [6, 6.07) is 7.47. The number of benzene rings is 1. The Balaban J connectivity index is 2.79. The molecule has 2 nitrogen and oxygen atoms in total. The quantitative estimate of drug-likeness (QED) is 0.740. The lowest BCUT2D eigenvalue weighted by molar-refractivity contribution is 0.0779. The van der Waals surface area contributed by atoms with E-state index in [0.29, 0.717) is 17.4 Å². The van der Waals surface area contributed by atoms with Gasteiger partial charge in [-0.05, 0) is 23.6 Å². The van der Waals surface area contributed by atoms with Crippen LogP contribution in [0.4, 0.5) is 0 Å². The SMILES string of the molecule is CC(C)CN(C)C(=O)c1cccc(CCl)c1. The van der Waals surface area contributed by atoms with Gasteiger partial charge in [-0.3, -0.25) is 4.79 Å². The van der Waals surface area contributed by atoms with E-state index in [1.807, 2.05) is 31.3 Å². The highest BCUT2D eigenvalue weighted by atomic mass is 35.5. The highest BCUT2D eigenvalue weighted by molar-refractivity contribution is 6.17. The summed E-state index contributed by atoms with van der Waals surface area (Å²) in [6.07, 6.45) is 0. The number of hydrogen-bond donors (Lipinski definition) is 0. The van der Waals surface area contributed by atoms with Crippen LogP contribution in [0.2, 0.25) is 0 Å². The molecular formula is C13H18ClNO. The molecule has 1 aromatic rings. The van der Waals surface area contributed by atoms with Gasteiger partial charge in [0.1, 0.15) is 0 Å². The summed E-state index contributed by atoms with van der Waals surface area (Å²) in [6.45, 7) is 4.96. The first-order valence-corrected chi connectivity index (χ1v) is 5.98. The molecule has 0 spiro atoms. The summed E-state index contributed by atoms with van der Waals surface area (Å²) in [5, 5.41) is 0. The molecule has 16 heavy (non-hydrogen) atoms. The Morgan fingerprint density at radius 2 is 2.12 bits per heavy atom. The summed E-state index contributed by atoms with van der Waals surface area (Å²) < 4.78 is 0. The smallest absolute Gasteiger partial charge is 0.253 e. The van der Waals surface area contributed by atoms with Gasteiger partial charge in [0.15, 0.2) is 0 Å². The van der Waals surface area contributed by atoms with Crippen molar-refractivity contribution < 1.29 is 4.79 Å². The second-order valence-corrected chi connectivity index (χ2v) is 4.68. The molecule has 0 N–H and O–H groups in total. The molecule has 0 aliphatic heterocycles. The van der Waals surface area contributed by atoms with E-state index in [-0.39, 0.29) is 5.91 Å². The maximum Gasteiger partial charge on any atom is 0.253 e. The average molecular weight is 240 g/mol. The minimum Gasteiger partial charge on any atom is -0.341 e. The second-order valence-electron chi connectivity index (χ2n) is 4.41. The van der Waals surface area contributed by atoms with E-state index in [2.05, 4.69) is 13.8 Å². The van der Waals surface area contributed by atoms with E-state index in [1.165, 1.54) is 0 Å². The number of amides is 1. The van der Waals surface area contributed by atoms with Crippen molar-refractivity contribution in [2.24, 2.45) is 5.92 Å². The Bertz CT molecular complexity index is 363. The van der Waals surface area contributed by atoms with Gasteiger partial charge >= 0.3 is 0 Å². The number of alkyl halides is 1. The standard InChI is InChI=1S/C13H18ClNO/c1-10(2)9-15(3)13(16)12-6-4-5-11(7-12)8-14/h4-7,10H,8-9H2,1-3H3. The molecule has 0 saturated carbocycles. The molecule has 0 saturated heterocycles. The molecule has 0 radical (unpaired) electrons. The molecule has 88 valence electrons. The molecule has 1 amide bonds. The predicted octanol–water partition coefficient (Wildman–Crippen LogP) is 3.15. The van der Waals surface area contributed by atoms with Crippen LogP contribution in [0.3, 0.4) is 0 Å². The third kappa shape index (κ3) is 3.53. The minimum absolute atomic E-state index is 0.0562. The third-order valence-electron chi connectivity index (χ3n) is 2.31. The molecule has 0 bridgehead atoms. The Kier molecular flexibility index (Phi) is 4.81. The highest BCUT2D eigenvalue weighted by Crippen LogP contribution is 2.10. The van der Waals surface area contributed by atoms with Gasteiger partial charge in [0.25, 0.3) is 5.91 Å². The summed E-state index contributed by atoms with van der Waals surface area (Å²) in [5.41, 5.74) is 1.69. The molecule has 0 atom stereocenters. The van der Waals surface area contributed by atoms with Gasteiger partial charge in [0.05, 0.1) is 0 Å². The van der Waals surface area contributed by atoms with Gasteiger partial charge in [-0.2, -0.15) is 0 Å². The van der Waals surface area contributed by atoms with Crippen LogP contribution in [0.15, 0.2) is 24.3 Å². The number of halogens is 1. The summed E-state index contributed by atoms with van der Waals surface area (Å²) in [7, 11) is 1.83. The van der Waals surface area contributed by atoms with Crippen molar-refractivity contribution in [2.45, 2.75) is 19.7 Å². The van der Waals surface area contributed by atoms with Crippen LogP contribution in [0.1, 0.15) is 29.8 Å². The number of carbonyl (C=O) groups is 1. The lowest BCUT2D eigenvalue weighted by Crippen LogP contribution is -2.30. The molecular weight excluding hydrogens is 222 g/mol. The first-order chi connectivity index (χ1) is 7.54. The molecule has 1 aromatic carbocycles. The molecule has 0 fully saturated rings. The Labute approximate surface area is 102 Å². The van der Waals surface area contributed by atoms with Gasteiger partial charge < -0.3 is 4.90 Å². The van der Waals surface area contributed by atoms with Crippen molar-refractivity contribution in [3.8, 4) is 0 Å². The largest absolute Gasteiger partial charge is 0.341 e. The van der Waals surface area contributed by atoms with E-state index >= 15 is 0 Å². The van der Waals surface area contributed by atoms with Crippen LogP contribution >= 0.6 is 11.6 Å². The fourth-order valence-electron chi connectivity index (χ4n) is 1.64. The van der Waals surface area contributed by atoms with Crippen molar-refractivity contribution in [3.05, 3.63) is 35.4 Å². The molecule has 3 heteroatoms. The highest BCUT2D eigenvalue weighted by Gasteiger charge is 2.12. The monoisotopic (exact) mass is 239 g/mol. The molecule has 0 aliphatic carbocycles. The lowest BCUT2D eigenvalue weighted by Gasteiger charge is -2.19. The number of hydrogen-bond acceptors (Lipinski definition) is 1. The summed E-state index contributed by atoms with van der Waals surface area (Å²) >= 11 is 5.74. The van der Waals surface area contributed by atoms with E-state index in [0.717, 1.165) is 12.1 Å². The predicted molar refractivity (Wildman–Crippen MR) is 67.8 cm³/mol. The Hall–Kier alpha value is -1.02. The van der Waals surface area contributed by atoms with E-state index in [1.54, 1.807) is 4.90 Å². The van der Waals surface area contributed by atoms with Gasteiger partial charge in [-0.1, -0.05) is 26.0 Å². The third-order valence-corrected chi connectivity index (χ3v) is 2.62. The lowest BCUT2D eigenvalue weighted by atomic mass is 10.1. The molecule has 0 aliphatic rings. The maximum absolute atomic E-state index is 12.0. The van der Waals surface area contributed by atoms with Crippen LogP contribution in [-0.4, -0.2) is 24.4 Å². The Morgan fingerprint density at radius 1 is 1.44 bits per heavy atom. The van der Waals surface area contributed by atoms with Gasteiger partial charge in [0, 0.05) is 25.0 Å². The van der Waals surface area contributed by atoms with Crippen LogP contribution < -0.4 is 0 Å². The topological polar surface area (TPSA) is 20.3 Å².